The monoisotopic (exact) mass is 310 g/mol. The van der Waals surface area contributed by atoms with Gasteiger partial charge in [0.05, 0.1) is 0 Å². The van der Waals surface area contributed by atoms with Gasteiger partial charge in [0.1, 0.15) is 5.75 Å². The molecule has 0 spiro atoms. The standard InChI is InChI=1S/C22H30O/c1-5-7-14-19-18(11-6-2)15-20(23)22(21(19)16(3)4)17-12-9-8-10-13-17/h8-10,12-13,15-16,23H,5-7,11,14H2,1-4H3. The molecular weight excluding hydrogens is 280 g/mol. The summed E-state index contributed by atoms with van der Waals surface area (Å²) in [4.78, 5) is 0. The molecule has 0 bridgehead atoms. The Morgan fingerprint density at radius 2 is 1.65 bits per heavy atom. The van der Waals surface area contributed by atoms with Gasteiger partial charge in [-0.3, -0.25) is 0 Å². The average Bonchev–Trinajstić information content (AvgIpc) is 2.54. The molecule has 1 nitrogen and oxygen atoms in total. The Morgan fingerprint density at radius 1 is 0.957 bits per heavy atom. The fourth-order valence-corrected chi connectivity index (χ4v) is 3.47. The van der Waals surface area contributed by atoms with Gasteiger partial charge in [0.25, 0.3) is 0 Å². The minimum Gasteiger partial charge on any atom is -0.507 e. The van der Waals surface area contributed by atoms with E-state index in [2.05, 4.69) is 39.8 Å². The van der Waals surface area contributed by atoms with Gasteiger partial charge in [0.2, 0.25) is 0 Å². The van der Waals surface area contributed by atoms with Crippen LogP contribution in [0.25, 0.3) is 11.1 Å². The van der Waals surface area contributed by atoms with E-state index >= 15 is 0 Å². The third-order valence-corrected chi connectivity index (χ3v) is 4.49. The van der Waals surface area contributed by atoms with Crippen molar-refractivity contribution in [2.45, 2.75) is 65.7 Å². The average molecular weight is 310 g/mol. The zero-order valence-electron chi connectivity index (χ0n) is 15.0. The van der Waals surface area contributed by atoms with Gasteiger partial charge < -0.3 is 5.11 Å². The number of phenols is 1. The van der Waals surface area contributed by atoms with E-state index in [4.69, 9.17) is 0 Å². The number of phenolic OH excluding ortho intramolecular Hbond substituents is 1. The Morgan fingerprint density at radius 3 is 2.22 bits per heavy atom. The van der Waals surface area contributed by atoms with Gasteiger partial charge in [-0.15, -0.1) is 0 Å². The minimum atomic E-state index is 0.403. The van der Waals surface area contributed by atoms with Crippen molar-refractivity contribution < 1.29 is 5.11 Å². The van der Waals surface area contributed by atoms with E-state index in [1.807, 2.05) is 24.3 Å². The smallest absolute Gasteiger partial charge is 0.123 e. The Hall–Kier alpha value is -1.76. The first kappa shape index (κ1) is 17.6. The van der Waals surface area contributed by atoms with E-state index in [0.717, 1.165) is 30.4 Å². The van der Waals surface area contributed by atoms with Gasteiger partial charge in [0, 0.05) is 5.56 Å². The molecule has 0 amide bonds. The van der Waals surface area contributed by atoms with Crippen molar-refractivity contribution in [2.24, 2.45) is 0 Å². The van der Waals surface area contributed by atoms with Gasteiger partial charge in [-0.05, 0) is 53.5 Å². The lowest BCUT2D eigenvalue weighted by Gasteiger charge is -2.23. The second-order valence-electron chi connectivity index (χ2n) is 6.70. The van der Waals surface area contributed by atoms with Crippen molar-refractivity contribution in [2.75, 3.05) is 0 Å². The molecule has 0 radical (unpaired) electrons. The maximum Gasteiger partial charge on any atom is 0.123 e. The summed E-state index contributed by atoms with van der Waals surface area (Å²) >= 11 is 0. The quantitative estimate of drug-likeness (QED) is 0.620. The van der Waals surface area contributed by atoms with Crippen molar-refractivity contribution >= 4 is 0 Å². The van der Waals surface area contributed by atoms with Crippen LogP contribution in [0.5, 0.6) is 5.75 Å². The normalized spacial score (nSPS) is 11.2. The maximum absolute atomic E-state index is 10.8. The highest BCUT2D eigenvalue weighted by atomic mass is 16.3. The number of rotatable bonds is 7. The van der Waals surface area contributed by atoms with Crippen molar-refractivity contribution in [3.63, 3.8) is 0 Å². The van der Waals surface area contributed by atoms with Crippen LogP contribution in [0.1, 0.15) is 69.6 Å². The van der Waals surface area contributed by atoms with Crippen LogP contribution in [0, 0.1) is 0 Å². The molecule has 0 aromatic heterocycles. The van der Waals surface area contributed by atoms with Gasteiger partial charge in [0.15, 0.2) is 0 Å². The van der Waals surface area contributed by atoms with E-state index in [0.29, 0.717) is 11.7 Å². The summed E-state index contributed by atoms with van der Waals surface area (Å²) in [7, 11) is 0. The minimum absolute atomic E-state index is 0.403. The first-order valence-electron chi connectivity index (χ1n) is 9.03. The van der Waals surface area contributed by atoms with E-state index in [9.17, 15) is 5.11 Å². The third kappa shape index (κ3) is 3.96. The molecule has 2 aromatic rings. The molecule has 2 aromatic carbocycles. The Kier molecular flexibility index (Phi) is 6.27. The van der Waals surface area contributed by atoms with Crippen molar-refractivity contribution in [3.8, 4) is 16.9 Å². The van der Waals surface area contributed by atoms with Crippen molar-refractivity contribution in [1.29, 1.82) is 0 Å². The molecule has 0 aliphatic rings. The summed E-state index contributed by atoms with van der Waals surface area (Å²) in [5.41, 5.74) is 6.30. The fourth-order valence-electron chi connectivity index (χ4n) is 3.47. The summed E-state index contributed by atoms with van der Waals surface area (Å²) in [5.74, 6) is 0.836. The summed E-state index contributed by atoms with van der Waals surface area (Å²) in [6.07, 6.45) is 5.67. The molecule has 0 heterocycles. The molecule has 0 unspecified atom stereocenters. The van der Waals surface area contributed by atoms with Gasteiger partial charge in [-0.2, -0.15) is 0 Å². The lowest BCUT2D eigenvalue weighted by atomic mass is 9.82. The second kappa shape index (κ2) is 8.19. The number of benzene rings is 2. The lowest BCUT2D eigenvalue weighted by molar-refractivity contribution is 0.474. The largest absolute Gasteiger partial charge is 0.507 e. The van der Waals surface area contributed by atoms with Gasteiger partial charge >= 0.3 is 0 Å². The van der Waals surface area contributed by atoms with Crippen LogP contribution in [0.3, 0.4) is 0 Å². The Labute approximate surface area is 141 Å². The first-order chi connectivity index (χ1) is 11.1. The molecule has 124 valence electrons. The highest BCUT2D eigenvalue weighted by Crippen LogP contribution is 2.41. The molecular formula is C22H30O. The van der Waals surface area contributed by atoms with E-state index in [1.165, 1.54) is 29.5 Å². The highest BCUT2D eigenvalue weighted by Gasteiger charge is 2.20. The van der Waals surface area contributed by atoms with Gasteiger partial charge in [-0.1, -0.05) is 70.9 Å². The van der Waals surface area contributed by atoms with Crippen LogP contribution < -0.4 is 0 Å². The van der Waals surface area contributed by atoms with Crippen molar-refractivity contribution in [3.05, 3.63) is 53.1 Å². The van der Waals surface area contributed by atoms with Crippen LogP contribution in [-0.4, -0.2) is 5.11 Å². The van der Waals surface area contributed by atoms with Gasteiger partial charge in [-0.25, -0.2) is 0 Å². The predicted molar refractivity (Wildman–Crippen MR) is 100 cm³/mol. The van der Waals surface area contributed by atoms with E-state index in [-0.39, 0.29) is 0 Å². The molecule has 1 heteroatoms. The second-order valence-corrected chi connectivity index (χ2v) is 6.70. The molecule has 23 heavy (non-hydrogen) atoms. The van der Waals surface area contributed by atoms with Crippen LogP contribution in [0.2, 0.25) is 0 Å². The Bertz CT molecular complexity index is 626. The van der Waals surface area contributed by atoms with Crippen LogP contribution >= 0.6 is 0 Å². The zero-order chi connectivity index (χ0) is 16.8. The Balaban J connectivity index is 2.70. The lowest BCUT2D eigenvalue weighted by Crippen LogP contribution is -2.05. The molecule has 0 aliphatic heterocycles. The first-order valence-corrected chi connectivity index (χ1v) is 9.03. The fraction of sp³-hybridized carbons (Fsp3) is 0.455. The SMILES string of the molecule is CCCCc1c(CCC)cc(O)c(-c2ccccc2)c1C(C)C. The molecule has 0 fully saturated rings. The maximum atomic E-state index is 10.8. The summed E-state index contributed by atoms with van der Waals surface area (Å²) in [6, 6.07) is 12.3. The summed E-state index contributed by atoms with van der Waals surface area (Å²) < 4.78 is 0. The number of hydrogen-bond acceptors (Lipinski definition) is 1. The molecule has 1 N–H and O–H groups in total. The topological polar surface area (TPSA) is 20.2 Å². The third-order valence-electron chi connectivity index (χ3n) is 4.49. The zero-order valence-corrected chi connectivity index (χ0v) is 15.0. The molecule has 0 saturated heterocycles. The van der Waals surface area contributed by atoms with Crippen LogP contribution in [0.15, 0.2) is 36.4 Å². The highest BCUT2D eigenvalue weighted by molar-refractivity contribution is 5.76. The number of hydrogen-bond donors (Lipinski definition) is 1. The summed E-state index contributed by atoms with van der Waals surface area (Å²) in [5, 5.41) is 10.8. The van der Waals surface area contributed by atoms with Crippen molar-refractivity contribution in [1.82, 2.24) is 0 Å². The van der Waals surface area contributed by atoms with Crippen LogP contribution in [0.4, 0.5) is 0 Å². The molecule has 0 aliphatic carbocycles. The predicted octanol–water partition coefficient (Wildman–Crippen LogP) is 6.48. The van der Waals surface area contributed by atoms with Crippen LogP contribution in [-0.2, 0) is 12.8 Å². The number of aryl methyl sites for hydroxylation is 1. The van der Waals surface area contributed by atoms with E-state index < -0.39 is 0 Å². The molecule has 0 saturated carbocycles. The van der Waals surface area contributed by atoms with E-state index in [1.54, 1.807) is 0 Å². The molecule has 2 rings (SSSR count). The molecule has 0 atom stereocenters. The number of aromatic hydroxyl groups is 1. The summed E-state index contributed by atoms with van der Waals surface area (Å²) in [6.45, 7) is 8.94. The number of unbranched alkanes of at least 4 members (excludes halogenated alkanes) is 1.